The fourth-order valence-corrected chi connectivity index (χ4v) is 3.04. The largest absolute Gasteiger partial charge is 0.434 e. The molecule has 1 aromatic heterocycles. The quantitative estimate of drug-likeness (QED) is 0.473. The summed E-state index contributed by atoms with van der Waals surface area (Å²) in [7, 11) is 0. The first-order chi connectivity index (χ1) is 9.44. The van der Waals surface area contributed by atoms with E-state index in [9.17, 15) is 14.9 Å². The van der Waals surface area contributed by atoms with Crippen molar-refractivity contribution < 1.29 is 9.72 Å². The van der Waals surface area contributed by atoms with E-state index in [0.29, 0.717) is 19.4 Å². The number of aromatic nitrogens is 2. The minimum atomic E-state index is -0.788. The van der Waals surface area contributed by atoms with E-state index < -0.39 is 16.2 Å². The third-order valence-electron chi connectivity index (χ3n) is 3.32. The van der Waals surface area contributed by atoms with Gasteiger partial charge in [0, 0.05) is 3.58 Å². The number of hydrogen-bond acceptors (Lipinski definition) is 4. The van der Waals surface area contributed by atoms with E-state index in [1.165, 1.54) is 17.0 Å². The fourth-order valence-electron chi connectivity index (χ4n) is 2.19. The number of carbonyl (C=O) groups is 1. The molecular weight excluding hydrogens is 375 g/mol. The second-order valence-corrected chi connectivity index (χ2v) is 5.83. The lowest BCUT2D eigenvalue weighted by atomic mass is 9.78. The Morgan fingerprint density at radius 3 is 3.00 bits per heavy atom. The van der Waals surface area contributed by atoms with Crippen LogP contribution in [0.4, 0.5) is 5.95 Å². The normalized spacial score (nSPS) is 21.6. The molecule has 8 heteroatoms. The van der Waals surface area contributed by atoms with Gasteiger partial charge in [0.1, 0.15) is 12.4 Å². The van der Waals surface area contributed by atoms with Gasteiger partial charge in [-0.3, -0.25) is 4.79 Å². The predicted octanol–water partition coefficient (Wildman–Crippen LogP) is 1.93. The molecule has 1 aliphatic carbocycles. The van der Waals surface area contributed by atoms with Crippen LogP contribution in [0, 0.1) is 15.5 Å². The van der Waals surface area contributed by atoms with Crippen LogP contribution in [0.15, 0.2) is 34.2 Å². The average molecular weight is 388 g/mol. The molecule has 1 aliphatic rings. The molecular formula is C12H13IN4O3. The van der Waals surface area contributed by atoms with E-state index in [1.807, 2.05) is 18.2 Å². The number of nitrogens with zero attached hydrogens (tertiary/aromatic N) is 3. The smallest absolute Gasteiger partial charge is 0.390 e. The van der Waals surface area contributed by atoms with E-state index in [-0.39, 0.29) is 5.95 Å². The highest BCUT2D eigenvalue weighted by Crippen LogP contribution is 2.36. The molecule has 0 bridgehead atoms. The summed E-state index contributed by atoms with van der Waals surface area (Å²) in [5, 5.41) is 10.8. The molecule has 0 fully saturated rings. The molecule has 1 aromatic rings. The van der Waals surface area contributed by atoms with Crippen molar-refractivity contribution >= 4 is 34.4 Å². The SMILES string of the molecule is NC(=O)C1(CCn2ccnc2[N+](=O)[O-])C=C(I)C=CC1. The van der Waals surface area contributed by atoms with Crippen LogP contribution < -0.4 is 5.73 Å². The van der Waals surface area contributed by atoms with Gasteiger partial charge in [0.25, 0.3) is 0 Å². The van der Waals surface area contributed by atoms with E-state index in [1.54, 1.807) is 0 Å². The zero-order valence-electron chi connectivity index (χ0n) is 10.5. The van der Waals surface area contributed by atoms with Crippen molar-refractivity contribution in [2.45, 2.75) is 19.4 Å². The topological polar surface area (TPSA) is 104 Å². The van der Waals surface area contributed by atoms with Crippen molar-refractivity contribution in [1.29, 1.82) is 0 Å². The summed E-state index contributed by atoms with van der Waals surface area (Å²) < 4.78 is 2.36. The number of hydrogen-bond donors (Lipinski definition) is 1. The minimum Gasteiger partial charge on any atom is -0.390 e. The van der Waals surface area contributed by atoms with Crippen LogP contribution in [0.3, 0.4) is 0 Å². The Labute approximate surface area is 128 Å². The van der Waals surface area contributed by atoms with Crippen molar-refractivity contribution in [1.82, 2.24) is 9.55 Å². The van der Waals surface area contributed by atoms with Crippen LogP contribution in [-0.2, 0) is 11.3 Å². The Kier molecular flexibility index (Phi) is 4.21. The van der Waals surface area contributed by atoms with Crippen molar-refractivity contribution in [2.24, 2.45) is 11.1 Å². The van der Waals surface area contributed by atoms with Crippen LogP contribution in [0.5, 0.6) is 0 Å². The highest BCUT2D eigenvalue weighted by atomic mass is 127. The zero-order chi connectivity index (χ0) is 14.8. The summed E-state index contributed by atoms with van der Waals surface area (Å²) >= 11 is 2.12. The van der Waals surface area contributed by atoms with Gasteiger partial charge in [-0.05, 0) is 40.4 Å². The van der Waals surface area contributed by atoms with Gasteiger partial charge in [0.2, 0.25) is 5.91 Å². The molecule has 7 nitrogen and oxygen atoms in total. The molecule has 0 aliphatic heterocycles. The average Bonchev–Trinajstić information content (AvgIpc) is 2.84. The van der Waals surface area contributed by atoms with Gasteiger partial charge in [-0.15, -0.1) is 0 Å². The Morgan fingerprint density at radius 1 is 1.65 bits per heavy atom. The number of primary amides is 1. The summed E-state index contributed by atoms with van der Waals surface area (Å²) in [5.41, 5.74) is 4.73. The number of imidazole rings is 1. The van der Waals surface area contributed by atoms with Gasteiger partial charge in [-0.25, -0.2) is 4.57 Å². The van der Waals surface area contributed by atoms with Crippen LogP contribution in [0.25, 0.3) is 0 Å². The molecule has 0 radical (unpaired) electrons. The lowest BCUT2D eigenvalue weighted by Gasteiger charge is -2.28. The highest BCUT2D eigenvalue weighted by molar-refractivity contribution is 14.1. The van der Waals surface area contributed by atoms with Crippen molar-refractivity contribution in [3.05, 3.63) is 44.3 Å². The van der Waals surface area contributed by atoms with Crippen LogP contribution in [0.1, 0.15) is 12.8 Å². The molecule has 2 rings (SSSR count). The molecule has 1 unspecified atom stereocenters. The number of nitrogens with two attached hydrogens (primary N) is 1. The Balaban J connectivity index is 2.19. The standard InChI is InChI=1S/C12H13IN4O3/c13-9-2-1-3-12(8-9,10(14)18)4-6-16-7-5-15-11(16)17(19)20/h1-2,5,7-8H,3-4,6H2,(H2,14,18). The number of allylic oxidation sites excluding steroid dienone is 3. The van der Waals surface area contributed by atoms with Crippen molar-refractivity contribution in [3.63, 3.8) is 0 Å². The summed E-state index contributed by atoms with van der Waals surface area (Å²) in [6.07, 6.45) is 9.46. The molecule has 20 heavy (non-hydrogen) atoms. The molecule has 0 aromatic carbocycles. The molecule has 1 amide bonds. The number of nitro groups is 1. The third-order valence-corrected chi connectivity index (χ3v) is 3.99. The fraction of sp³-hybridized carbons (Fsp3) is 0.333. The maximum Gasteiger partial charge on any atom is 0.434 e. The first kappa shape index (κ1) is 14.7. The summed E-state index contributed by atoms with van der Waals surface area (Å²) in [4.78, 5) is 25.7. The van der Waals surface area contributed by atoms with Gasteiger partial charge in [0.15, 0.2) is 0 Å². The lowest BCUT2D eigenvalue weighted by molar-refractivity contribution is -0.396. The predicted molar refractivity (Wildman–Crippen MR) is 81.0 cm³/mol. The molecule has 1 heterocycles. The van der Waals surface area contributed by atoms with E-state index in [0.717, 1.165) is 3.58 Å². The van der Waals surface area contributed by atoms with Crippen molar-refractivity contribution in [3.8, 4) is 0 Å². The molecule has 106 valence electrons. The third kappa shape index (κ3) is 2.89. The monoisotopic (exact) mass is 388 g/mol. The number of aryl methyl sites for hydroxylation is 1. The Hall–Kier alpha value is -1.71. The maximum atomic E-state index is 11.8. The van der Waals surface area contributed by atoms with Gasteiger partial charge in [-0.2, -0.15) is 0 Å². The van der Waals surface area contributed by atoms with Gasteiger partial charge in [0.05, 0.1) is 12.0 Å². The van der Waals surface area contributed by atoms with E-state index in [2.05, 4.69) is 27.6 Å². The van der Waals surface area contributed by atoms with Crippen molar-refractivity contribution in [2.75, 3.05) is 0 Å². The molecule has 0 saturated heterocycles. The molecule has 0 spiro atoms. The molecule has 0 saturated carbocycles. The maximum absolute atomic E-state index is 11.8. The number of carbonyl (C=O) groups excluding carboxylic acids is 1. The minimum absolute atomic E-state index is 0.227. The summed E-state index contributed by atoms with van der Waals surface area (Å²) in [6, 6.07) is 0. The highest BCUT2D eigenvalue weighted by Gasteiger charge is 2.35. The second-order valence-electron chi connectivity index (χ2n) is 4.58. The lowest BCUT2D eigenvalue weighted by Crippen LogP contribution is -2.37. The van der Waals surface area contributed by atoms with E-state index in [4.69, 9.17) is 5.73 Å². The van der Waals surface area contributed by atoms with Crippen LogP contribution in [0.2, 0.25) is 0 Å². The van der Waals surface area contributed by atoms with E-state index >= 15 is 0 Å². The first-order valence-corrected chi connectivity index (χ1v) is 7.03. The zero-order valence-corrected chi connectivity index (χ0v) is 12.7. The first-order valence-electron chi connectivity index (χ1n) is 5.95. The number of amides is 1. The number of halogens is 1. The Morgan fingerprint density at radius 2 is 2.40 bits per heavy atom. The van der Waals surface area contributed by atoms with Crippen LogP contribution >= 0.6 is 22.6 Å². The van der Waals surface area contributed by atoms with Gasteiger partial charge in [-0.1, -0.05) is 23.2 Å². The Bertz CT molecular complexity index is 608. The summed E-state index contributed by atoms with van der Waals surface area (Å²) in [6.45, 7) is 0.313. The number of rotatable bonds is 5. The summed E-state index contributed by atoms with van der Waals surface area (Å²) in [5.74, 6) is -0.645. The molecule has 2 N–H and O–H groups in total. The van der Waals surface area contributed by atoms with Gasteiger partial charge < -0.3 is 15.8 Å². The molecule has 1 atom stereocenters. The van der Waals surface area contributed by atoms with Crippen LogP contribution in [-0.4, -0.2) is 20.4 Å². The van der Waals surface area contributed by atoms with Gasteiger partial charge >= 0.3 is 5.95 Å². The second kappa shape index (κ2) is 5.73.